The summed E-state index contributed by atoms with van der Waals surface area (Å²) in [5.74, 6) is 2.55. The van der Waals surface area contributed by atoms with Crippen LogP contribution in [0.2, 0.25) is 0 Å². The fourth-order valence-corrected chi connectivity index (χ4v) is 2.19. The maximum atomic E-state index is 4.97. The first-order valence-corrected chi connectivity index (χ1v) is 6.89. The Morgan fingerprint density at radius 1 is 1.18 bits per heavy atom. The molecule has 8 heteroatoms. The first kappa shape index (κ1) is 14.2. The molecule has 3 aromatic heterocycles. The summed E-state index contributed by atoms with van der Waals surface area (Å²) in [6.45, 7) is 6.19. The first-order chi connectivity index (χ1) is 10.5. The molecule has 0 bridgehead atoms. The van der Waals surface area contributed by atoms with E-state index < -0.39 is 0 Å². The van der Waals surface area contributed by atoms with Gasteiger partial charge < -0.3 is 9.42 Å². The molecule has 0 atom stereocenters. The molecule has 0 radical (unpaired) electrons. The number of aromatic nitrogens is 6. The summed E-state index contributed by atoms with van der Waals surface area (Å²) in [6, 6.07) is 2.00. The standard InChI is InChI=1S/C14H17N7O/c1-9-5-10(2)21(18-9)14-7-15-6-13(17-14)20(4)8-12-16-11(3)22-19-12/h5-7H,8H2,1-4H3. The van der Waals surface area contributed by atoms with Gasteiger partial charge in [0.1, 0.15) is 5.82 Å². The lowest BCUT2D eigenvalue weighted by molar-refractivity contribution is 0.387. The number of hydrogen-bond donors (Lipinski definition) is 0. The third-order valence-electron chi connectivity index (χ3n) is 3.18. The molecule has 0 aliphatic rings. The third kappa shape index (κ3) is 2.80. The Morgan fingerprint density at radius 3 is 2.64 bits per heavy atom. The predicted octanol–water partition coefficient (Wildman–Crippen LogP) is 1.61. The smallest absolute Gasteiger partial charge is 0.223 e. The van der Waals surface area contributed by atoms with Crippen molar-refractivity contribution < 1.29 is 4.52 Å². The van der Waals surface area contributed by atoms with Gasteiger partial charge in [-0.15, -0.1) is 0 Å². The first-order valence-electron chi connectivity index (χ1n) is 6.89. The minimum Gasteiger partial charge on any atom is -0.351 e. The van der Waals surface area contributed by atoms with Gasteiger partial charge in [0.15, 0.2) is 11.6 Å². The van der Waals surface area contributed by atoms with E-state index in [2.05, 4.69) is 25.2 Å². The summed E-state index contributed by atoms with van der Waals surface area (Å²) >= 11 is 0. The largest absolute Gasteiger partial charge is 0.351 e. The fourth-order valence-electron chi connectivity index (χ4n) is 2.19. The molecule has 3 aromatic rings. The monoisotopic (exact) mass is 299 g/mol. The van der Waals surface area contributed by atoms with E-state index in [0.29, 0.717) is 29.9 Å². The molecular weight excluding hydrogens is 282 g/mol. The van der Waals surface area contributed by atoms with Gasteiger partial charge in [0.05, 0.1) is 24.6 Å². The second-order valence-corrected chi connectivity index (χ2v) is 5.16. The van der Waals surface area contributed by atoms with E-state index in [1.54, 1.807) is 24.0 Å². The molecule has 0 aliphatic carbocycles. The normalized spacial score (nSPS) is 10.9. The van der Waals surface area contributed by atoms with Gasteiger partial charge in [-0.1, -0.05) is 5.16 Å². The zero-order valence-corrected chi connectivity index (χ0v) is 13.0. The molecule has 3 heterocycles. The highest BCUT2D eigenvalue weighted by molar-refractivity contribution is 5.39. The van der Waals surface area contributed by atoms with E-state index in [0.717, 1.165) is 11.4 Å². The third-order valence-corrected chi connectivity index (χ3v) is 3.18. The van der Waals surface area contributed by atoms with Gasteiger partial charge in [0.2, 0.25) is 5.89 Å². The number of rotatable bonds is 4. The van der Waals surface area contributed by atoms with Gasteiger partial charge in [-0.3, -0.25) is 4.98 Å². The second-order valence-electron chi connectivity index (χ2n) is 5.16. The molecule has 0 saturated carbocycles. The Hall–Kier alpha value is -2.77. The summed E-state index contributed by atoms with van der Waals surface area (Å²) in [6.07, 6.45) is 3.39. The quantitative estimate of drug-likeness (QED) is 0.723. The zero-order valence-electron chi connectivity index (χ0n) is 13.0. The van der Waals surface area contributed by atoms with Crippen molar-refractivity contribution in [1.29, 1.82) is 0 Å². The van der Waals surface area contributed by atoms with Gasteiger partial charge in [-0.2, -0.15) is 10.1 Å². The van der Waals surface area contributed by atoms with Crippen molar-refractivity contribution in [2.45, 2.75) is 27.3 Å². The molecule has 0 aromatic carbocycles. The lowest BCUT2D eigenvalue weighted by atomic mass is 10.4. The van der Waals surface area contributed by atoms with Crippen LogP contribution in [0.1, 0.15) is 23.1 Å². The number of hydrogen-bond acceptors (Lipinski definition) is 7. The van der Waals surface area contributed by atoms with Crippen LogP contribution < -0.4 is 4.90 Å². The molecule has 8 nitrogen and oxygen atoms in total. The summed E-state index contributed by atoms with van der Waals surface area (Å²) in [5.41, 5.74) is 1.96. The van der Waals surface area contributed by atoms with Crippen LogP contribution >= 0.6 is 0 Å². The molecule has 0 unspecified atom stereocenters. The van der Waals surface area contributed by atoms with Crippen LogP contribution in [0.4, 0.5) is 5.82 Å². The molecule has 22 heavy (non-hydrogen) atoms. The minimum atomic E-state index is 0.493. The highest BCUT2D eigenvalue weighted by atomic mass is 16.5. The average Bonchev–Trinajstić information content (AvgIpc) is 3.04. The Bertz CT molecular complexity index is 792. The summed E-state index contributed by atoms with van der Waals surface area (Å²) in [4.78, 5) is 14.9. The van der Waals surface area contributed by atoms with E-state index in [1.165, 1.54) is 0 Å². The van der Waals surface area contributed by atoms with Gasteiger partial charge in [-0.25, -0.2) is 9.67 Å². The van der Waals surface area contributed by atoms with E-state index in [9.17, 15) is 0 Å². The predicted molar refractivity (Wildman–Crippen MR) is 79.8 cm³/mol. The highest BCUT2D eigenvalue weighted by Gasteiger charge is 2.11. The Balaban J connectivity index is 1.85. The van der Waals surface area contributed by atoms with Crippen LogP contribution in [0.3, 0.4) is 0 Å². The second kappa shape index (κ2) is 5.55. The highest BCUT2D eigenvalue weighted by Crippen LogP contribution is 2.14. The molecule has 0 fully saturated rings. The van der Waals surface area contributed by atoms with Gasteiger partial charge in [0.25, 0.3) is 0 Å². The van der Waals surface area contributed by atoms with Crippen molar-refractivity contribution in [3.05, 3.63) is 41.6 Å². The summed E-state index contributed by atoms with van der Waals surface area (Å²) in [7, 11) is 1.90. The van der Waals surface area contributed by atoms with Crippen LogP contribution in [-0.4, -0.2) is 36.9 Å². The molecule has 0 spiro atoms. The van der Waals surface area contributed by atoms with Crippen molar-refractivity contribution in [3.8, 4) is 5.82 Å². The molecule has 114 valence electrons. The molecule has 3 rings (SSSR count). The molecule has 0 saturated heterocycles. The topological polar surface area (TPSA) is 85.8 Å². The Labute approximate surface area is 127 Å². The Kier molecular flexibility index (Phi) is 3.58. The molecular formula is C14H17N7O. The van der Waals surface area contributed by atoms with Crippen molar-refractivity contribution in [3.63, 3.8) is 0 Å². The number of aryl methyl sites for hydroxylation is 3. The molecule has 0 aliphatic heterocycles. The lowest BCUT2D eigenvalue weighted by Gasteiger charge is -2.16. The van der Waals surface area contributed by atoms with Crippen molar-refractivity contribution in [2.24, 2.45) is 0 Å². The fraction of sp³-hybridized carbons (Fsp3) is 0.357. The van der Waals surface area contributed by atoms with Crippen molar-refractivity contribution >= 4 is 5.82 Å². The van der Waals surface area contributed by atoms with Gasteiger partial charge >= 0.3 is 0 Å². The minimum absolute atomic E-state index is 0.493. The average molecular weight is 299 g/mol. The van der Waals surface area contributed by atoms with Crippen LogP contribution in [0.25, 0.3) is 5.82 Å². The lowest BCUT2D eigenvalue weighted by Crippen LogP contribution is -2.19. The summed E-state index contributed by atoms with van der Waals surface area (Å²) in [5, 5.41) is 8.31. The van der Waals surface area contributed by atoms with E-state index in [4.69, 9.17) is 4.52 Å². The zero-order chi connectivity index (χ0) is 15.7. The van der Waals surface area contributed by atoms with Gasteiger partial charge in [-0.05, 0) is 19.9 Å². The van der Waals surface area contributed by atoms with Crippen LogP contribution in [-0.2, 0) is 6.54 Å². The molecule has 0 N–H and O–H groups in total. The van der Waals surface area contributed by atoms with E-state index in [-0.39, 0.29) is 0 Å². The van der Waals surface area contributed by atoms with Crippen LogP contribution in [0.5, 0.6) is 0 Å². The van der Waals surface area contributed by atoms with Gasteiger partial charge in [0, 0.05) is 19.7 Å². The number of anilines is 1. The SMILES string of the molecule is Cc1cc(C)n(-c2cncc(N(C)Cc3noc(C)n3)n2)n1. The van der Waals surface area contributed by atoms with Crippen molar-refractivity contribution in [1.82, 2.24) is 29.9 Å². The maximum absolute atomic E-state index is 4.97. The maximum Gasteiger partial charge on any atom is 0.223 e. The summed E-state index contributed by atoms with van der Waals surface area (Å²) < 4.78 is 6.75. The van der Waals surface area contributed by atoms with E-state index in [1.807, 2.05) is 31.9 Å². The molecule has 0 amide bonds. The number of nitrogens with zero attached hydrogens (tertiary/aromatic N) is 7. The Morgan fingerprint density at radius 2 is 2.00 bits per heavy atom. The van der Waals surface area contributed by atoms with Crippen molar-refractivity contribution in [2.75, 3.05) is 11.9 Å². The van der Waals surface area contributed by atoms with E-state index >= 15 is 0 Å². The van der Waals surface area contributed by atoms with Crippen LogP contribution in [0, 0.1) is 20.8 Å². The van der Waals surface area contributed by atoms with Crippen LogP contribution in [0.15, 0.2) is 23.0 Å².